The first-order chi connectivity index (χ1) is 7.06. The third-order valence-corrected chi connectivity index (χ3v) is 3.33. The van der Waals surface area contributed by atoms with Crippen LogP contribution in [0.1, 0.15) is 79.6 Å². The summed E-state index contributed by atoms with van der Waals surface area (Å²) in [5, 5.41) is 0. The van der Waals surface area contributed by atoms with Crippen molar-refractivity contribution in [2.45, 2.75) is 79.6 Å². The minimum Gasteiger partial charge on any atom is -0.0654 e. The SMILES string of the molecule is CCCCCC(C)CCC(C)CC(C)C. The maximum atomic E-state index is 2.43. The van der Waals surface area contributed by atoms with Crippen molar-refractivity contribution in [3.8, 4) is 0 Å². The molecule has 0 aliphatic heterocycles. The van der Waals surface area contributed by atoms with Crippen LogP contribution in [0.5, 0.6) is 0 Å². The van der Waals surface area contributed by atoms with Crippen LogP contribution in [-0.2, 0) is 0 Å². The van der Waals surface area contributed by atoms with Gasteiger partial charge in [0.2, 0.25) is 0 Å². The molecule has 15 heavy (non-hydrogen) atoms. The van der Waals surface area contributed by atoms with Gasteiger partial charge in [0.25, 0.3) is 0 Å². The lowest BCUT2D eigenvalue weighted by Crippen LogP contribution is -2.03. The second kappa shape index (κ2) is 9.24. The Morgan fingerprint density at radius 2 is 1.33 bits per heavy atom. The van der Waals surface area contributed by atoms with Crippen molar-refractivity contribution in [2.75, 3.05) is 0 Å². The number of unbranched alkanes of at least 4 members (excludes halogenated alkanes) is 2. The summed E-state index contributed by atoms with van der Waals surface area (Å²) in [7, 11) is 0. The van der Waals surface area contributed by atoms with Gasteiger partial charge in [-0.3, -0.25) is 0 Å². The largest absolute Gasteiger partial charge is 0.0654 e. The lowest BCUT2D eigenvalue weighted by atomic mass is 9.90. The summed E-state index contributed by atoms with van der Waals surface area (Å²) in [6.45, 7) is 11.8. The van der Waals surface area contributed by atoms with E-state index in [0.29, 0.717) is 0 Å². The zero-order chi connectivity index (χ0) is 11.7. The number of hydrogen-bond acceptors (Lipinski definition) is 0. The standard InChI is InChI=1S/C15H32/c1-6-7-8-9-14(4)10-11-15(5)12-13(2)3/h13-15H,6-12H2,1-5H3. The second-order valence-corrected chi connectivity index (χ2v) is 5.91. The minimum absolute atomic E-state index is 0.871. The van der Waals surface area contributed by atoms with Gasteiger partial charge in [0.15, 0.2) is 0 Å². The molecule has 2 atom stereocenters. The predicted molar refractivity (Wildman–Crippen MR) is 71.2 cm³/mol. The molecule has 0 amide bonds. The monoisotopic (exact) mass is 212 g/mol. The molecule has 0 bridgehead atoms. The first-order valence-electron chi connectivity index (χ1n) is 7.06. The highest BCUT2D eigenvalue weighted by molar-refractivity contribution is 4.60. The molecule has 0 nitrogen and oxygen atoms in total. The maximum absolute atomic E-state index is 2.43. The fraction of sp³-hybridized carbons (Fsp3) is 1.00. The van der Waals surface area contributed by atoms with E-state index in [1.54, 1.807) is 0 Å². The maximum Gasteiger partial charge on any atom is -0.0440 e. The third-order valence-electron chi connectivity index (χ3n) is 3.33. The van der Waals surface area contributed by atoms with E-state index >= 15 is 0 Å². The average Bonchev–Trinajstić information content (AvgIpc) is 2.14. The molecule has 92 valence electrons. The molecule has 0 saturated heterocycles. The molecule has 0 spiro atoms. The van der Waals surface area contributed by atoms with E-state index in [1.165, 1.54) is 44.9 Å². The quantitative estimate of drug-likeness (QED) is 0.432. The van der Waals surface area contributed by atoms with Crippen LogP contribution >= 0.6 is 0 Å². The Morgan fingerprint density at radius 3 is 1.87 bits per heavy atom. The molecule has 0 heterocycles. The highest BCUT2D eigenvalue weighted by Crippen LogP contribution is 2.21. The van der Waals surface area contributed by atoms with E-state index in [1.807, 2.05) is 0 Å². The van der Waals surface area contributed by atoms with Crippen molar-refractivity contribution in [2.24, 2.45) is 17.8 Å². The van der Waals surface area contributed by atoms with Gasteiger partial charge >= 0.3 is 0 Å². The zero-order valence-electron chi connectivity index (χ0n) is 11.7. The van der Waals surface area contributed by atoms with Crippen LogP contribution in [0, 0.1) is 17.8 Å². The van der Waals surface area contributed by atoms with E-state index in [-0.39, 0.29) is 0 Å². The van der Waals surface area contributed by atoms with Gasteiger partial charge in [-0.1, -0.05) is 73.1 Å². The third kappa shape index (κ3) is 10.3. The van der Waals surface area contributed by atoms with Gasteiger partial charge in [0.05, 0.1) is 0 Å². The van der Waals surface area contributed by atoms with Gasteiger partial charge in [-0.2, -0.15) is 0 Å². The first-order valence-corrected chi connectivity index (χ1v) is 7.06. The zero-order valence-corrected chi connectivity index (χ0v) is 11.7. The molecule has 0 saturated carbocycles. The van der Waals surface area contributed by atoms with Crippen LogP contribution < -0.4 is 0 Å². The van der Waals surface area contributed by atoms with Gasteiger partial charge in [0.1, 0.15) is 0 Å². The van der Waals surface area contributed by atoms with Crippen molar-refractivity contribution < 1.29 is 0 Å². The number of rotatable bonds is 9. The molecule has 0 rings (SSSR count). The van der Waals surface area contributed by atoms with Crippen LogP contribution in [0.2, 0.25) is 0 Å². The summed E-state index contributed by atoms with van der Waals surface area (Å²) < 4.78 is 0. The Hall–Kier alpha value is 0. The Morgan fingerprint density at radius 1 is 0.733 bits per heavy atom. The fourth-order valence-corrected chi connectivity index (χ4v) is 2.38. The Kier molecular flexibility index (Phi) is 9.24. The molecule has 0 heteroatoms. The van der Waals surface area contributed by atoms with Gasteiger partial charge in [-0.25, -0.2) is 0 Å². The summed E-state index contributed by atoms with van der Waals surface area (Å²) in [5.41, 5.74) is 0. The van der Waals surface area contributed by atoms with Crippen molar-refractivity contribution in [1.82, 2.24) is 0 Å². The summed E-state index contributed by atoms with van der Waals surface area (Å²) >= 11 is 0. The molecule has 2 unspecified atom stereocenters. The van der Waals surface area contributed by atoms with Crippen LogP contribution in [0.15, 0.2) is 0 Å². The molecule has 0 aliphatic rings. The summed E-state index contributed by atoms with van der Waals surface area (Å²) in [6, 6.07) is 0. The van der Waals surface area contributed by atoms with E-state index in [4.69, 9.17) is 0 Å². The van der Waals surface area contributed by atoms with E-state index in [9.17, 15) is 0 Å². The minimum atomic E-state index is 0.871. The molecule has 0 aromatic heterocycles. The van der Waals surface area contributed by atoms with Crippen LogP contribution in [-0.4, -0.2) is 0 Å². The molecule has 0 fully saturated rings. The molecule has 0 N–H and O–H groups in total. The highest BCUT2D eigenvalue weighted by Gasteiger charge is 2.08. The van der Waals surface area contributed by atoms with Crippen LogP contribution in [0.25, 0.3) is 0 Å². The summed E-state index contributed by atoms with van der Waals surface area (Å²) in [4.78, 5) is 0. The molecule has 0 aromatic carbocycles. The first kappa shape index (κ1) is 15.0. The Balaban J connectivity index is 3.39. The molecule has 0 aromatic rings. The Labute approximate surface area is 97.8 Å². The van der Waals surface area contributed by atoms with Crippen LogP contribution in [0.3, 0.4) is 0 Å². The van der Waals surface area contributed by atoms with Crippen molar-refractivity contribution in [1.29, 1.82) is 0 Å². The topological polar surface area (TPSA) is 0 Å². The van der Waals surface area contributed by atoms with Crippen molar-refractivity contribution in [3.05, 3.63) is 0 Å². The van der Waals surface area contributed by atoms with Crippen LogP contribution in [0.4, 0.5) is 0 Å². The predicted octanol–water partition coefficient (Wildman–Crippen LogP) is 5.67. The van der Waals surface area contributed by atoms with E-state index in [0.717, 1.165) is 17.8 Å². The van der Waals surface area contributed by atoms with Gasteiger partial charge in [-0.05, 0) is 24.2 Å². The van der Waals surface area contributed by atoms with Gasteiger partial charge in [0, 0.05) is 0 Å². The van der Waals surface area contributed by atoms with E-state index in [2.05, 4.69) is 34.6 Å². The van der Waals surface area contributed by atoms with E-state index < -0.39 is 0 Å². The lowest BCUT2D eigenvalue weighted by Gasteiger charge is -2.17. The van der Waals surface area contributed by atoms with Gasteiger partial charge < -0.3 is 0 Å². The van der Waals surface area contributed by atoms with Crippen molar-refractivity contribution >= 4 is 0 Å². The molecule has 0 radical (unpaired) electrons. The normalized spacial score (nSPS) is 15.6. The average molecular weight is 212 g/mol. The van der Waals surface area contributed by atoms with Gasteiger partial charge in [-0.15, -0.1) is 0 Å². The fourth-order valence-electron chi connectivity index (χ4n) is 2.38. The smallest absolute Gasteiger partial charge is 0.0440 e. The summed E-state index contributed by atoms with van der Waals surface area (Å²) in [5.74, 6) is 2.75. The number of hydrogen-bond donors (Lipinski definition) is 0. The Bertz CT molecular complexity index is 126. The molecule has 0 aliphatic carbocycles. The summed E-state index contributed by atoms with van der Waals surface area (Å²) in [6.07, 6.45) is 9.95. The van der Waals surface area contributed by atoms with Crippen molar-refractivity contribution in [3.63, 3.8) is 0 Å². The molecular weight excluding hydrogens is 180 g/mol. The highest BCUT2D eigenvalue weighted by atomic mass is 14.1. The lowest BCUT2D eigenvalue weighted by molar-refractivity contribution is 0.358. The molecular formula is C15H32. The second-order valence-electron chi connectivity index (χ2n) is 5.91.